The van der Waals surface area contributed by atoms with Gasteiger partial charge in [-0.25, -0.2) is 9.97 Å². The molecule has 0 spiro atoms. The molecule has 1 aromatic heterocycles. The largest absolute Gasteiger partial charge is 0.379 e. The van der Waals surface area contributed by atoms with E-state index in [1.807, 2.05) is 13.0 Å². The molecular weight excluding hydrogens is 263 g/mol. The summed E-state index contributed by atoms with van der Waals surface area (Å²) in [5.74, 6) is 1.57. The second kappa shape index (κ2) is 7.66. The average Bonchev–Trinajstić information content (AvgIpc) is 2.22. The Kier molecular flexibility index (Phi) is 7.38. The molecule has 7 heteroatoms. The number of aromatic nitrogens is 2. The maximum Gasteiger partial charge on any atom is 0.129 e. The summed E-state index contributed by atoms with van der Waals surface area (Å²) in [5.41, 5.74) is 5.98. The third-order valence-corrected chi connectivity index (χ3v) is 2.52. The van der Waals surface area contributed by atoms with Gasteiger partial charge < -0.3 is 15.8 Å². The summed E-state index contributed by atoms with van der Waals surface area (Å²) in [7, 11) is 0. The first kappa shape index (κ1) is 16.4. The van der Waals surface area contributed by atoms with Gasteiger partial charge in [0.1, 0.15) is 11.6 Å². The summed E-state index contributed by atoms with van der Waals surface area (Å²) < 4.78 is 5.37. The number of nitrogens with one attached hydrogen (secondary N) is 1. The molecule has 17 heavy (non-hydrogen) atoms. The normalized spacial score (nSPS) is 23.2. The predicted molar refractivity (Wildman–Crippen MR) is 72.1 cm³/mol. The third-order valence-electron chi connectivity index (χ3n) is 2.52. The summed E-state index contributed by atoms with van der Waals surface area (Å²) in [5, 5.41) is 3.27. The van der Waals surface area contributed by atoms with E-state index in [2.05, 4.69) is 15.3 Å². The van der Waals surface area contributed by atoms with Crippen molar-refractivity contribution in [2.45, 2.75) is 25.4 Å². The molecule has 1 aromatic rings. The molecule has 1 aliphatic rings. The summed E-state index contributed by atoms with van der Waals surface area (Å²) >= 11 is 0. The van der Waals surface area contributed by atoms with E-state index in [-0.39, 0.29) is 36.9 Å². The van der Waals surface area contributed by atoms with Crippen LogP contribution in [-0.2, 0) is 4.74 Å². The number of rotatable bonds is 2. The molecule has 2 heterocycles. The lowest BCUT2D eigenvalue weighted by molar-refractivity contribution is 0.0767. The Morgan fingerprint density at radius 1 is 1.47 bits per heavy atom. The molecule has 0 unspecified atom stereocenters. The van der Waals surface area contributed by atoms with Crippen molar-refractivity contribution in [3.05, 3.63) is 18.1 Å². The number of hydrogen-bond donors (Lipinski definition) is 2. The van der Waals surface area contributed by atoms with Gasteiger partial charge >= 0.3 is 0 Å². The van der Waals surface area contributed by atoms with Crippen molar-refractivity contribution in [2.24, 2.45) is 5.73 Å². The molecule has 1 fully saturated rings. The van der Waals surface area contributed by atoms with Gasteiger partial charge in [-0.1, -0.05) is 0 Å². The van der Waals surface area contributed by atoms with Gasteiger partial charge in [-0.3, -0.25) is 0 Å². The molecule has 0 aliphatic carbocycles. The lowest BCUT2D eigenvalue weighted by Gasteiger charge is -2.29. The van der Waals surface area contributed by atoms with Crippen LogP contribution in [0.15, 0.2) is 12.3 Å². The monoisotopic (exact) mass is 280 g/mol. The van der Waals surface area contributed by atoms with Gasteiger partial charge in [0.2, 0.25) is 0 Å². The fourth-order valence-corrected chi connectivity index (χ4v) is 1.63. The molecule has 0 bridgehead atoms. The van der Waals surface area contributed by atoms with Crippen LogP contribution in [-0.4, -0.2) is 35.3 Å². The minimum absolute atomic E-state index is 0. The first-order chi connectivity index (χ1) is 7.25. The van der Waals surface area contributed by atoms with E-state index < -0.39 is 0 Å². The van der Waals surface area contributed by atoms with Crippen molar-refractivity contribution < 1.29 is 4.74 Å². The van der Waals surface area contributed by atoms with Crippen molar-refractivity contribution in [2.75, 3.05) is 18.5 Å². The van der Waals surface area contributed by atoms with Crippen molar-refractivity contribution in [3.63, 3.8) is 0 Å². The second-order valence-electron chi connectivity index (χ2n) is 3.77. The van der Waals surface area contributed by atoms with Gasteiger partial charge in [-0.15, -0.1) is 24.8 Å². The van der Waals surface area contributed by atoms with Crippen LogP contribution < -0.4 is 11.1 Å². The van der Waals surface area contributed by atoms with Crippen LogP contribution >= 0.6 is 24.8 Å². The Labute approximate surface area is 113 Å². The van der Waals surface area contributed by atoms with Crippen molar-refractivity contribution in [1.82, 2.24) is 9.97 Å². The van der Waals surface area contributed by atoms with Crippen molar-refractivity contribution >= 4 is 30.6 Å². The van der Waals surface area contributed by atoms with E-state index in [1.54, 1.807) is 6.20 Å². The maximum atomic E-state index is 5.98. The number of nitrogens with two attached hydrogens (primary N) is 1. The first-order valence-corrected chi connectivity index (χ1v) is 5.15. The van der Waals surface area contributed by atoms with Gasteiger partial charge in [0.25, 0.3) is 0 Å². The van der Waals surface area contributed by atoms with Gasteiger partial charge in [0.05, 0.1) is 12.6 Å². The minimum Gasteiger partial charge on any atom is -0.379 e. The van der Waals surface area contributed by atoms with Gasteiger partial charge in [-0.2, -0.15) is 0 Å². The van der Waals surface area contributed by atoms with Crippen molar-refractivity contribution in [1.29, 1.82) is 0 Å². The Morgan fingerprint density at radius 2 is 2.24 bits per heavy atom. The summed E-state index contributed by atoms with van der Waals surface area (Å²) in [6, 6.07) is 2.12. The topological polar surface area (TPSA) is 73.1 Å². The second-order valence-corrected chi connectivity index (χ2v) is 3.77. The van der Waals surface area contributed by atoms with Crippen molar-refractivity contribution in [3.8, 4) is 0 Å². The zero-order valence-corrected chi connectivity index (χ0v) is 11.3. The molecule has 2 rings (SSSR count). The zero-order valence-electron chi connectivity index (χ0n) is 9.63. The summed E-state index contributed by atoms with van der Waals surface area (Å²) in [4.78, 5) is 8.31. The van der Waals surface area contributed by atoms with E-state index in [1.165, 1.54) is 0 Å². The molecule has 0 aromatic carbocycles. The van der Waals surface area contributed by atoms with E-state index in [4.69, 9.17) is 10.5 Å². The maximum absolute atomic E-state index is 5.98. The Morgan fingerprint density at radius 3 is 2.88 bits per heavy atom. The number of hydrogen-bond acceptors (Lipinski definition) is 5. The van der Waals surface area contributed by atoms with Crippen LogP contribution in [0.3, 0.4) is 0 Å². The minimum atomic E-state index is 0. The molecule has 1 aliphatic heterocycles. The first-order valence-electron chi connectivity index (χ1n) is 5.15. The third kappa shape index (κ3) is 4.63. The highest BCUT2D eigenvalue weighted by Gasteiger charge is 2.22. The zero-order chi connectivity index (χ0) is 10.7. The lowest BCUT2D eigenvalue weighted by atomic mass is 10.1. The number of nitrogens with zero attached hydrogens (tertiary/aromatic N) is 2. The van der Waals surface area contributed by atoms with Crippen LogP contribution in [0.4, 0.5) is 5.82 Å². The van der Waals surface area contributed by atoms with Crippen LogP contribution in [0.2, 0.25) is 0 Å². The molecular formula is C10H18Cl2N4O. The molecule has 3 N–H and O–H groups in total. The molecule has 5 nitrogen and oxygen atoms in total. The smallest absolute Gasteiger partial charge is 0.129 e. The quantitative estimate of drug-likeness (QED) is 0.851. The molecule has 0 radical (unpaired) electrons. The molecule has 98 valence electrons. The molecule has 1 saturated heterocycles. The Hall–Kier alpha value is -0.620. The van der Waals surface area contributed by atoms with E-state index in [9.17, 15) is 0 Å². The molecule has 0 amide bonds. The van der Waals surface area contributed by atoms with Gasteiger partial charge in [-0.05, 0) is 19.4 Å². The summed E-state index contributed by atoms with van der Waals surface area (Å²) in [6.45, 7) is 3.26. The lowest BCUT2D eigenvalue weighted by Crippen LogP contribution is -2.47. The Bertz CT molecular complexity index is 340. The highest BCUT2D eigenvalue weighted by molar-refractivity contribution is 5.85. The van der Waals surface area contributed by atoms with Gasteiger partial charge in [0, 0.05) is 18.8 Å². The average molecular weight is 281 g/mol. The van der Waals surface area contributed by atoms with Crippen LogP contribution in [0.25, 0.3) is 0 Å². The van der Waals surface area contributed by atoms with E-state index >= 15 is 0 Å². The number of aryl methyl sites for hydroxylation is 1. The van der Waals surface area contributed by atoms with E-state index in [0.29, 0.717) is 6.61 Å². The highest BCUT2D eigenvalue weighted by Crippen LogP contribution is 2.11. The fourth-order valence-electron chi connectivity index (χ4n) is 1.63. The number of anilines is 1. The molecule has 2 atom stereocenters. The predicted octanol–water partition coefficient (Wildman–Crippen LogP) is 1.16. The fraction of sp³-hybridized carbons (Fsp3) is 0.600. The van der Waals surface area contributed by atoms with Crippen LogP contribution in [0.1, 0.15) is 12.2 Å². The summed E-state index contributed by atoms with van der Waals surface area (Å²) in [6.07, 6.45) is 2.63. The van der Waals surface area contributed by atoms with E-state index in [0.717, 1.165) is 24.7 Å². The highest BCUT2D eigenvalue weighted by atomic mass is 35.5. The Balaban J connectivity index is 0.00000128. The van der Waals surface area contributed by atoms with Crippen LogP contribution in [0, 0.1) is 6.92 Å². The van der Waals surface area contributed by atoms with Gasteiger partial charge in [0.15, 0.2) is 0 Å². The SMILES string of the molecule is Cc1nccc(N[C@@H]2COCC[C@@H]2N)n1.Cl.Cl. The standard InChI is InChI=1S/C10H16N4O.2ClH/c1-7-12-4-2-10(13-7)14-9-6-15-5-3-8(9)11;;/h2,4,8-9H,3,5-6,11H2,1H3,(H,12,13,14);2*1H/t8-,9+;;/m0../s1. The number of halogens is 2. The van der Waals surface area contributed by atoms with Crippen LogP contribution in [0.5, 0.6) is 0 Å². The number of ether oxygens (including phenoxy) is 1. The molecule has 0 saturated carbocycles.